The van der Waals surface area contributed by atoms with E-state index in [0.29, 0.717) is 11.3 Å². The first-order valence-corrected chi connectivity index (χ1v) is 7.49. The first-order valence-electron chi connectivity index (χ1n) is 7.49. The van der Waals surface area contributed by atoms with Crippen LogP contribution in [0.3, 0.4) is 0 Å². The van der Waals surface area contributed by atoms with Crippen molar-refractivity contribution in [1.82, 2.24) is 5.32 Å². The Morgan fingerprint density at radius 1 is 0.913 bits per heavy atom. The van der Waals surface area contributed by atoms with E-state index in [2.05, 4.69) is 16.0 Å². The summed E-state index contributed by atoms with van der Waals surface area (Å²) < 4.78 is 0. The summed E-state index contributed by atoms with van der Waals surface area (Å²) in [5.41, 5.74) is 2.91. The SMILES string of the molecule is Cc1ccc(NC(=O)c2cccc(NC(=O)NC(C)C)c2)cc1. The number of carbonyl (C=O) groups is 2. The highest BCUT2D eigenvalue weighted by molar-refractivity contribution is 6.05. The summed E-state index contributed by atoms with van der Waals surface area (Å²) in [5.74, 6) is -0.221. The van der Waals surface area contributed by atoms with Crippen LogP contribution >= 0.6 is 0 Å². The average Bonchev–Trinajstić information content (AvgIpc) is 2.49. The molecule has 5 nitrogen and oxygen atoms in total. The minimum atomic E-state index is -0.295. The number of benzene rings is 2. The molecule has 2 aromatic carbocycles. The fourth-order valence-corrected chi connectivity index (χ4v) is 2.01. The molecule has 0 radical (unpaired) electrons. The maximum absolute atomic E-state index is 12.3. The van der Waals surface area contributed by atoms with E-state index in [9.17, 15) is 9.59 Å². The monoisotopic (exact) mass is 311 g/mol. The molecular weight excluding hydrogens is 290 g/mol. The highest BCUT2D eigenvalue weighted by Crippen LogP contribution is 2.14. The molecule has 0 bridgehead atoms. The van der Waals surface area contributed by atoms with Gasteiger partial charge in [0.05, 0.1) is 0 Å². The van der Waals surface area contributed by atoms with Gasteiger partial charge in [0.15, 0.2) is 0 Å². The second-order valence-electron chi connectivity index (χ2n) is 5.65. The molecule has 0 aliphatic carbocycles. The van der Waals surface area contributed by atoms with Gasteiger partial charge in [-0.1, -0.05) is 23.8 Å². The van der Waals surface area contributed by atoms with E-state index >= 15 is 0 Å². The summed E-state index contributed by atoms with van der Waals surface area (Å²) in [4.78, 5) is 24.0. The molecule has 0 atom stereocenters. The van der Waals surface area contributed by atoms with Crippen molar-refractivity contribution in [2.75, 3.05) is 10.6 Å². The molecule has 0 aliphatic heterocycles. The van der Waals surface area contributed by atoms with Gasteiger partial charge in [0, 0.05) is 23.0 Å². The number of hydrogen-bond donors (Lipinski definition) is 3. The second-order valence-corrected chi connectivity index (χ2v) is 5.65. The van der Waals surface area contributed by atoms with Crippen molar-refractivity contribution < 1.29 is 9.59 Å². The van der Waals surface area contributed by atoms with Gasteiger partial charge in [0.25, 0.3) is 5.91 Å². The van der Waals surface area contributed by atoms with E-state index in [4.69, 9.17) is 0 Å². The van der Waals surface area contributed by atoms with Crippen LogP contribution in [0.2, 0.25) is 0 Å². The summed E-state index contributed by atoms with van der Waals surface area (Å²) in [7, 11) is 0. The van der Waals surface area contributed by atoms with E-state index in [1.807, 2.05) is 45.0 Å². The van der Waals surface area contributed by atoms with Crippen LogP contribution in [0, 0.1) is 6.92 Å². The molecule has 0 heterocycles. The first-order chi connectivity index (χ1) is 10.9. The topological polar surface area (TPSA) is 70.2 Å². The molecule has 0 saturated carbocycles. The lowest BCUT2D eigenvalue weighted by atomic mass is 10.1. The zero-order valence-electron chi connectivity index (χ0n) is 13.5. The van der Waals surface area contributed by atoms with Gasteiger partial charge in [-0.3, -0.25) is 4.79 Å². The van der Waals surface area contributed by atoms with Gasteiger partial charge in [-0.2, -0.15) is 0 Å². The van der Waals surface area contributed by atoms with Gasteiger partial charge < -0.3 is 16.0 Å². The summed E-state index contributed by atoms with van der Waals surface area (Å²) in [5, 5.41) is 8.28. The minimum absolute atomic E-state index is 0.0445. The maximum Gasteiger partial charge on any atom is 0.319 e. The highest BCUT2D eigenvalue weighted by Gasteiger charge is 2.08. The quantitative estimate of drug-likeness (QED) is 0.804. The van der Waals surface area contributed by atoms with Crippen LogP contribution < -0.4 is 16.0 Å². The van der Waals surface area contributed by atoms with Crippen LogP contribution in [-0.4, -0.2) is 18.0 Å². The third kappa shape index (κ3) is 5.14. The fourth-order valence-electron chi connectivity index (χ4n) is 2.01. The molecule has 3 amide bonds. The lowest BCUT2D eigenvalue weighted by Gasteiger charge is -2.11. The Labute approximate surface area is 136 Å². The molecule has 0 spiro atoms. The molecule has 0 aliphatic rings. The van der Waals surface area contributed by atoms with Crippen LogP contribution in [-0.2, 0) is 0 Å². The third-order valence-corrected chi connectivity index (χ3v) is 3.11. The molecule has 0 saturated heterocycles. The standard InChI is InChI=1S/C18H21N3O2/c1-12(2)19-18(23)21-16-6-4-5-14(11-16)17(22)20-15-9-7-13(3)8-10-15/h4-12H,1-3H3,(H,20,22)(H2,19,21,23). The van der Waals surface area contributed by atoms with Gasteiger partial charge in [-0.05, 0) is 51.1 Å². The van der Waals surface area contributed by atoms with Crippen molar-refractivity contribution in [2.45, 2.75) is 26.8 Å². The fraction of sp³-hybridized carbons (Fsp3) is 0.222. The zero-order valence-corrected chi connectivity index (χ0v) is 13.5. The molecule has 0 fully saturated rings. The number of rotatable bonds is 4. The number of carbonyl (C=O) groups excluding carboxylic acids is 2. The molecule has 0 unspecified atom stereocenters. The van der Waals surface area contributed by atoms with E-state index < -0.39 is 0 Å². The lowest BCUT2D eigenvalue weighted by Crippen LogP contribution is -2.34. The Balaban J connectivity index is 2.05. The number of hydrogen-bond acceptors (Lipinski definition) is 2. The number of aryl methyl sites for hydroxylation is 1. The molecule has 2 rings (SSSR count). The van der Waals surface area contributed by atoms with Crippen molar-refractivity contribution in [3.8, 4) is 0 Å². The van der Waals surface area contributed by atoms with Crippen LogP contribution in [0.25, 0.3) is 0 Å². The van der Waals surface area contributed by atoms with E-state index in [0.717, 1.165) is 11.3 Å². The summed E-state index contributed by atoms with van der Waals surface area (Å²) in [6, 6.07) is 14.1. The van der Waals surface area contributed by atoms with Crippen molar-refractivity contribution >= 4 is 23.3 Å². The van der Waals surface area contributed by atoms with Crippen molar-refractivity contribution in [3.05, 3.63) is 59.7 Å². The summed E-state index contributed by atoms with van der Waals surface area (Å²) in [6.45, 7) is 5.75. The summed E-state index contributed by atoms with van der Waals surface area (Å²) in [6.07, 6.45) is 0. The maximum atomic E-state index is 12.3. The van der Waals surface area contributed by atoms with Crippen molar-refractivity contribution in [1.29, 1.82) is 0 Å². The van der Waals surface area contributed by atoms with Gasteiger partial charge in [-0.15, -0.1) is 0 Å². The molecule has 23 heavy (non-hydrogen) atoms. The normalized spacial score (nSPS) is 10.3. The van der Waals surface area contributed by atoms with E-state index in [1.54, 1.807) is 24.3 Å². The Hall–Kier alpha value is -2.82. The van der Waals surface area contributed by atoms with Crippen molar-refractivity contribution in [3.63, 3.8) is 0 Å². The highest BCUT2D eigenvalue weighted by atomic mass is 16.2. The van der Waals surface area contributed by atoms with E-state index in [-0.39, 0.29) is 18.0 Å². The van der Waals surface area contributed by atoms with Crippen LogP contribution in [0.5, 0.6) is 0 Å². The summed E-state index contributed by atoms with van der Waals surface area (Å²) >= 11 is 0. The average molecular weight is 311 g/mol. The number of amides is 3. The number of urea groups is 1. The number of nitrogens with one attached hydrogen (secondary N) is 3. The number of anilines is 2. The molecular formula is C18H21N3O2. The van der Waals surface area contributed by atoms with Crippen LogP contribution in [0.1, 0.15) is 29.8 Å². The predicted molar refractivity (Wildman–Crippen MR) is 92.9 cm³/mol. The molecule has 120 valence electrons. The lowest BCUT2D eigenvalue weighted by molar-refractivity contribution is 0.102. The molecule has 5 heteroatoms. The van der Waals surface area contributed by atoms with Crippen molar-refractivity contribution in [2.24, 2.45) is 0 Å². The predicted octanol–water partition coefficient (Wildman–Crippen LogP) is 3.78. The third-order valence-electron chi connectivity index (χ3n) is 3.11. The van der Waals surface area contributed by atoms with Gasteiger partial charge in [0.1, 0.15) is 0 Å². The first kappa shape index (κ1) is 16.5. The molecule has 3 N–H and O–H groups in total. The van der Waals surface area contributed by atoms with Gasteiger partial charge >= 0.3 is 6.03 Å². The van der Waals surface area contributed by atoms with Crippen LogP contribution in [0.4, 0.5) is 16.2 Å². The van der Waals surface area contributed by atoms with Gasteiger partial charge in [-0.25, -0.2) is 4.79 Å². The van der Waals surface area contributed by atoms with E-state index in [1.165, 1.54) is 0 Å². The Kier molecular flexibility index (Phi) is 5.36. The Morgan fingerprint density at radius 3 is 2.26 bits per heavy atom. The molecule has 0 aromatic heterocycles. The molecule has 2 aromatic rings. The van der Waals surface area contributed by atoms with Gasteiger partial charge in [0.2, 0.25) is 0 Å². The Morgan fingerprint density at radius 2 is 1.61 bits per heavy atom. The minimum Gasteiger partial charge on any atom is -0.336 e. The van der Waals surface area contributed by atoms with Crippen LogP contribution in [0.15, 0.2) is 48.5 Å². The second kappa shape index (κ2) is 7.45. The zero-order chi connectivity index (χ0) is 16.8. The largest absolute Gasteiger partial charge is 0.336 e. The Bertz CT molecular complexity index is 694. The smallest absolute Gasteiger partial charge is 0.319 e.